The lowest BCUT2D eigenvalue weighted by atomic mass is 10.1. The van der Waals surface area contributed by atoms with Crippen molar-refractivity contribution in [1.82, 2.24) is 4.57 Å². The molecule has 0 aliphatic heterocycles. The van der Waals surface area contributed by atoms with Crippen LogP contribution in [0.25, 0.3) is 0 Å². The Morgan fingerprint density at radius 2 is 2.27 bits per heavy atom. The Bertz CT molecular complexity index is 360. The second-order valence-electron chi connectivity index (χ2n) is 3.02. The van der Waals surface area contributed by atoms with Crippen molar-refractivity contribution in [3.05, 3.63) is 17.3 Å². The van der Waals surface area contributed by atoms with Crippen LogP contribution in [0.15, 0.2) is 6.07 Å². The molecule has 0 fully saturated rings. The third kappa shape index (κ3) is 2.17. The summed E-state index contributed by atoms with van der Waals surface area (Å²) in [7, 11) is 7.08. The fourth-order valence-electron chi connectivity index (χ4n) is 1.43. The minimum atomic E-state index is -0.347. The van der Waals surface area contributed by atoms with Crippen molar-refractivity contribution < 1.29 is 14.3 Å². The molecule has 0 unspecified atom stereocenters. The average Bonchev–Trinajstić information content (AvgIpc) is 2.55. The van der Waals surface area contributed by atoms with E-state index in [4.69, 9.17) is 17.3 Å². The van der Waals surface area contributed by atoms with E-state index in [9.17, 15) is 4.79 Å². The molecule has 4 nitrogen and oxygen atoms in total. The van der Waals surface area contributed by atoms with E-state index in [1.54, 1.807) is 17.6 Å². The molecular weight excluding hydrogens is 193 g/mol. The van der Waals surface area contributed by atoms with Crippen LogP contribution >= 0.6 is 0 Å². The second kappa shape index (κ2) is 4.91. The molecule has 1 rings (SSSR count). The Morgan fingerprint density at radius 3 is 2.67 bits per heavy atom. The van der Waals surface area contributed by atoms with Crippen molar-refractivity contribution in [2.24, 2.45) is 0 Å². The summed E-state index contributed by atoms with van der Waals surface area (Å²) in [4.78, 5) is 11.5. The Hall–Kier alpha value is -1.39. The van der Waals surface area contributed by atoms with Crippen LogP contribution in [0.1, 0.15) is 23.0 Å². The van der Waals surface area contributed by atoms with E-state index < -0.39 is 0 Å². The van der Waals surface area contributed by atoms with Gasteiger partial charge in [-0.05, 0) is 20.3 Å². The Morgan fingerprint density at radius 1 is 1.60 bits per heavy atom. The zero-order chi connectivity index (χ0) is 11.4. The summed E-state index contributed by atoms with van der Waals surface area (Å²) in [6.07, 6.45) is 0.272. The minimum absolute atomic E-state index is 0.272. The van der Waals surface area contributed by atoms with Crippen molar-refractivity contribution >= 4 is 13.8 Å². The second-order valence-corrected chi connectivity index (χ2v) is 3.02. The number of rotatable bonds is 4. The standard InChI is InChI=1S/C10H14BNO3/c1-4-15-10(13)8-5-9(14-3)12(6-11)7(8)2/h5H,4,6H2,1-3H3. The fourth-order valence-corrected chi connectivity index (χ4v) is 1.43. The quantitative estimate of drug-likeness (QED) is 0.548. The molecule has 0 atom stereocenters. The Balaban J connectivity index is 3.09. The third-order valence-electron chi connectivity index (χ3n) is 2.22. The molecule has 0 spiro atoms. The lowest BCUT2D eigenvalue weighted by Gasteiger charge is -2.07. The van der Waals surface area contributed by atoms with Gasteiger partial charge < -0.3 is 14.0 Å². The zero-order valence-electron chi connectivity index (χ0n) is 9.24. The van der Waals surface area contributed by atoms with Crippen LogP contribution in [0.2, 0.25) is 0 Å². The molecule has 1 aromatic heterocycles. The number of carbonyl (C=O) groups is 1. The van der Waals surface area contributed by atoms with Gasteiger partial charge in [0.15, 0.2) is 5.88 Å². The molecule has 0 aliphatic rings. The normalized spacial score (nSPS) is 10.1. The van der Waals surface area contributed by atoms with Crippen molar-refractivity contribution in [2.75, 3.05) is 13.7 Å². The van der Waals surface area contributed by atoms with Crippen LogP contribution in [-0.4, -0.2) is 32.1 Å². The van der Waals surface area contributed by atoms with Crippen LogP contribution in [0.3, 0.4) is 0 Å². The largest absolute Gasteiger partial charge is 0.482 e. The molecule has 0 amide bonds. The SMILES string of the molecule is [B]Cn1c(OC)cc(C(=O)OCC)c1C. The van der Waals surface area contributed by atoms with Crippen molar-refractivity contribution in [2.45, 2.75) is 20.3 Å². The van der Waals surface area contributed by atoms with Gasteiger partial charge in [-0.3, -0.25) is 0 Å². The van der Waals surface area contributed by atoms with Gasteiger partial charge in [0.1, 0.15) is 0 Å². The maximum absolute atomic E-state index is 11.5. The highest BCUT2D eigenvalue weighted by atomic mass is 16.5. The lowest BCUT2D eigenvalue weighted by Crippen LogP contribution is -2.07. The summed E-state index contributed by atoms with van der Waals surface area (Å²) >= 11 is 0. The first-order valence-corrected chi connectivity index (χ1v) is 4.77. The minimum Gasteiger partial charge on any atom is -0.482 e. The lowest BCUT2D eigenvalue weighted by molar-refractivity contribution is 0.0525. The summed E-state index contributed by atoms with van der Waals surface area (Å²) in [5, 5.41) is 0. The number of esters is 1. The molecule has 15 heavy (non-hydrogen) atoms. The van der Waals surface area contributed by atoms with E-state index in [-0.39, 0.29) is 12.4 Å². The number of ether oxygens (including phenoxy) is 2. The Labute approximate surface area is 90.6 Å². The molecule has 0 saturated heterocycles. The van der Waals surface area contributed by atoms with Gasteiger partial charge in [-0.1, -0.05) is 0 Å². The summed E-state index contributed by atoms with van der Waals surface area (Å²) < 4.78 is 11.7. The van der Waals surface area contributed by atoms with Crippen LogP contribution in [-0.2, 0) is 11.2 Å². The van der Waals surface area contributed by atoms with Gasteiger partial charge in [0.05, 0.1) is 27.1 Å². The van der Waals surface area contributed by atoms with Gasteiger partial charge in [0, 0.05) is 11.8 Å². The van der Waals surface area contributed by atoms with E-state index in [0.29, 0.717) is 18.1 Å². The third-order valence-corrected chi connectivity index (χ3v) is 2.22. The van der Waals surface area contributed by atoms with Gasteiger partial charge in [0.25, 0.3) is 0 Å². The number of nitrogens with zero attached hydrogens (tertiary/aromatic N) is 1. The first-order valence-electron chi connectivity index (χ1n) is 4.77. The molecule has 5 heteroatoms. The number of hydrogen-bond acceptors (Lipinski definition) is 3. The summed E-state index contributed by atoms with van der Waals surface area (Å²) in [6, 6.07) is 1.64. The highest BCUT2D eigenvalue weighted by Gasteiger charge is 2.17. The fraction of sp³-hybridized carbons (Fsp3) is 0.500. The van der Waals surface area contributed by atoms with Crippen LogP contribution in [0.4, 0.5) is 0 Å². The van der Waals surface area contributed by atoms with Crippen molar-refractivity contribution in [3.63, 3.8) is 0 Å². The monoisotopic (exact) mass is 207 g/mol. The topological polar surface area (TPSA) is 40.5 Å². The predicted molar refractivity (Wildman–Crippen MR) is 57.4 cm³/mol. The summed E-state index contributed by atoms with van der Waals surface area (Å²) in [6.45, 7) is 3.93. The molecule has 1 aromatic rings. The molecule has 0 aromatic carbocycles. The summed E-state index contributed by atoms with van der Waals surface area (Å²) in [5.74, 6) is 0.221. The van der Waals surface area contributed by atoms with Gasteiger partial charge >= 0.3 is 5.97 Å². The van der Waals surface area contributed by atoms with E-state index in [1.165, 1.54) is 7.11 Å². The molecule has 0 N–H and O–H groups in total. The number of methoxy groups -OCH3 is 1. The molecular formula is C10H14BNO3. The van der Waals surface area contributed by atoms with Crippen LogP contribution < -0.4 is 4.74 Å². The maximum Gasteiger partial charge on any atom is 0.340 e. The van der Waals surface area contributed by atoms with E-state index in [2.05, 4.69) is 0 Å². The van der Waals surface area contributed by atoms with Gasteiger partial charge in [-0.25, -0.2) is 4.79 Å². The first kappa shape index (κ1) is 11.7. The molecule has 0 aliphatic carbocycles. The zero-order valence-corrected chi connectivity index (χ0v) is 9.24. The van der Waals surface area contributed by atoms with E-state index >= 15 is 0 Å². The smallest absolute Gasteiger partial charge is 0.340 e. The molecule has 80 valence electrons. The molecule has 0 saturated carbocycles. The van der Waals surface area contributed by atoms with Gasteiger partial charge in [-0.2, -0.15) is 0 Å². The highest BCUT2D eigenvalue weighted by molar-refractivity contribution is 6.06. The van der Waals surface area contributed by atoms with Crippen molar-refractivity contribution in [3.8, 4) is 5.88 Å². The molecule has 0 bridgehead atoms. The number of aromatic nitrogens is 1. The Kier molecular flexibility index (Phi) is 3.83. The average molecular weight is 207 g/mol. The van der Waals surface area contributed by atoms with E-state index in [0.717, 1.165) is 5.69 Å². The highest BCUT2D eigenvalue weighted by Crippen LogP contribution is 2.22. The predicted octanol–water partition coefficient (Wildman–Crippen LogP) is 1.11. The molecule has 1 heterocycles. The van der Waals surface area contributed by atoms with E-state index in [1.807, 2.05) is 6.92 Å². The number of carbonyl (C=O) groups excluding carboxylic acids is 1. The van der Waals surface area contributed by atoms with Gasteiger partial charge in [-0.15, -0.1) is 0 Å². The summed E-state index contributed by atoms with van der Waals surface area (Å²) in [5.41, 5.74) is 1.26. The van der Waals surface area contributed by atoms with Gasteiger partial charge in [0.2, 0.25) is 0 Å². The van der Waals surface area contributed by atoms with Crippen LogP contribution in [0, 0.1) is 6.92 Å². The first-order chi connectivity index (χ1) is 7.15. The maximum atomic E-state index is 11.5. The molecule has 2 radical (unpaired) electrons. The van der Waals surface area contributed by atoms with Crippen molar-refractivity contribution in [1.29, 1.82) is 0 Å². The van der Waals surface area contributed by atoms with Crippen LogP contribution in [0.5, 0.6) is 5.88 Å². The number of hydrogen-bond donors (Lipinski definition) is 0.